The minimum absolute atomic E-state index is 0.135. The minimum Gasteiger partial charge on any atom is -0.336 e. The van der Waals surface area contributed by atoms with Crippen LogP contribution in [0.15, 0.2) is 4.79 Å². The quantitative estimate of drug-likeness (QED) is 0.556. The molecular weight excluding hydrogens is 148 g/mol. The number of rotatable bonds is 0. The van der Waals surface area contributed by atoms with Gasteiger partial charge in [0.05, 0.1) is 0 Å². The number of hydrogen-bond acceptors (Lipinski definition) is 2. The molecule has 0 aliphatic heterocycles. The highest BCUT2D eigenvalue weighted by Crippen LogP contribution is 1.92. The van der Waals surface area contributed by atoms with E-state index in [1.165, 1.54) is 6.92 Å². The lowest BCUT2D eigenvalue weighted by atomic mass is 10.3. The highest BCUT2D eigenvalue weighted by molar-refractivity contribution is 7.71. The zero-order chi connectivity index (χ0) is 10.2. The standard InChI is InChI=1S/C6H8N2OS/c1-3-4(2)7-6(10)8-5(3)9/h1-2H3,(H2,7,8,9,10)/i1D3. The number of aromatic nitrogens is 2. The Hall–Kier alpha value is -0.900. The monoisotopic (exact) mass is 159 g/mol. The Labute approximate surface area is 67.3 Å². The van der Waals surface area contributed by atoms with Crippen LogP contribution < -0.4 is 5.56 Å². The first-order valence-corrected chi connectivity index (χ1v) is 3.07. The second-order valence-electron chi connectivity index (χ2n) is 1.91. The molecule has 1 aromatic heterocycles. The Morgan fingerprint density at radius 1 is 1.60 bits per heavy atom. The summed E-state index contributed by atoms with van der Waals surface area (Å²) in [6, 6.07) is 0. The molecule has 0 aliphatic carbocycles. The average molecular weight is 159 g/mol. The van der Waals surface area contributed by atoms with Crippen molar-refractivity contribution in [2.75, 3.05) is 0 Å². The highest BCUT2D eigenvalue weighted by atomic mass is 32.1. The molecule has 1 aromatic rings. The predicted octanol–water partition coefficient (Wildman–Crippen LogP) is 1.05. The topological polar surface area (TPSA) is 48.6 Å². The Bertz CT molecular complexity index is 431. The summed E-state index contributed by atoms with van der Waals surface area (Å²) >= 11 is 4.67. The summed E-state index contributed by atoms with van der Waals surface area (Å²) in [6.07, 6.45) is 0. The van der Waals surface area contributed by atoms with Crippen molar-refractivity contribution in [2.24, 2.45) is 0 Å². The lowest BCUT2D eigenvalue weighted by Gasteiger charge is -1.95. The van der Waals surface area contributed by atoms with Crippen LogP contribution in [-0.2, 0) is 0 Å². The summed E-state index contributed by atoms with van der Waals surface area (Å²) in [5, 5.41) is 0. The molecule has 0 aliphatic rings. The van der Waals surface area contributed by atoms with Crippen molar-refractivity contribution < 1.29 is 4.11 Å². The van der Waals surface area contributed by atoms with Gasteiger partial charge < -0.3 is 4.98 Å². The van der Waals surface area contributed by atoms with Crippen LogP contribution in [0.5, 0.6) is 0 Å². The third kappa shape index (κ3) is 1.16. The van der Waals surface area contributed by atoms with E-state index in [-0.39, 0.29) is 16.0 Å². The van der Waals surface area contributed by atoms with Gasteiger partial charge in [-0.1, -0.05) is 0 Å². The van der Waals surface area contributed by atoms with E-state index in [9.17, 15) is 4.79 Å². The molecule has 0 bridgehead atoms. The van der Waals surface area contributed by atoms with Crippen molar-refractivity contribution in [3.8, 4) is 0 Å². The molecule has 0 aromatic carbocycles. The first-order valence-electron chi connectivity index (χ1n) is 4.16. The van der Waals surface area contributed by atoms with E-state index in [0.717, 1.165) is 0 Å². The molecule has 1 rings (SSSR count). The van der Waals surface area contributed by atoms with Crippen LogP contribution in [0.2, 0.25) is 0 Å². The molecule has 0 radical (unpaired) electrons. The molecule has 0 saturated heterocycles. The Balaban J connectivity index is 3.57. The summed E-state index contributed by atoms with van der Waals surface area (Å²) in [5.74, 6) is 0. The lowest BCUT2D eigenvalue weighted by molar-refractivity contribution is 1.00. The zero-order valence-electron chi connectivity index (χ0n) is 8.32. The van der Waals surface area contributed by atoms with Gasteiger partial charge in [0.1, 0.15) is 0 Å². The van der Waals surface area contributed by atoms with Crippen molar-refractivity contribution in [1.82, 2.24) is 9.97 Å². The first kappa shape index (κ1) is 4.08. The molecule has 0 unspecified atom stereocenters. The van der Waals surface area contributed by atoms with Crippen LogP contribution >= 0.6 is 12.2 Å². The van der Waals surface area contributed by atoms with Gasteiger partial charge >= 0.3 is 0 Å². The summed E-state index contributed by atoms with van der Waals surface area (Å²) in [7, 11) is 0. The maximum Gasteiger partial charge on any atom is 0.254 e. The number of nitrogens with one attached hydrogen (secondary N) is 2. The molecular formula is C6H8N2OS. The smallest absolute Gasteiger partial charge is 0.254 e. The fourth-order valence-corrected chi connectivity index (χ4v) is 0.846. The van der Waals surface area contributed by atoms with Crippen molar-refractivity contribution in [1.29, 1.82) is 0 Å². The zero-order valence-corrected chi connectivity index (χ0v) is 6.13. The Kier molecular flexibility index (Phi) is 0.970. The average Bonchev–Trinajstić information content (AvgIpc) is 1.78. The van der Waals surface area contributed by atoms with E-state index in [2.05, 4.69) is 22.2 Å². The molecule has 0 atom stereocenters. The van der Waals surface area contributed by atoms with E-state index in [4.69, 9.17) is 4.11 Å². The largest absolute Gasteiger partial charge is 0.336 e. The lowest BCUT2D eigenvalue weighted by Crippen LogP contribution is -2.12. The van der Waals surface area contributed by atoms with Gasteiger partial charge in [0, 0.05) is 15.4 Å². The van der Waals surface area contributed by atoms with Crippen molar-refractivity contribution in [2.45, 2.75) is 13.8 Å². The fraction of sp³-hybridized carbons (Fsp3) is 0.333. The molecule has 54 valence electrons. The summed E-state index contributed by atoms with van der Waals surface area (Å²) < 4.78 is 21.4. The summed E-state index contributed by atoms with van der Waals surface area (Å²) in [5.41, 5.74) is -0.601. The predicted molar refractivity (Wildman–Crippen MR) is 41.7 cm³/mol. The van der Waals surface area contributed by atoms with Gasteiger partial charge in [0.15, 0.2) is 4.77 Å². The van der Waals surface area contributed by atoms with Gasteiger partial charge in [0.2, 0.25) is 0 Å². The maximum absolute atomic E-state index is 11.2. The minimum atomic E-state index is -2.41. The van der Waals surface area contributed by atoms with E-state index in [1.807, 2.05) is 0 Å². The van der Waals surface area contributed by atoms with E-state index < -0.39 is 12.4 Å². The molecule has 10 heavy (non-hydrogen) atoms. The number of hydrogen-bond donors (Lipinski definition) is 2. The van der Waals surface area contributed by atoms with Crippen LogP contribution in [0, 0.1) is 18.5 Å². The van der Waals surface area contributed by atoms with Gasteiger partial charge in [-0.25, -0.2) is 0 Å². The van der Waals surface area contributed by atoms with E-state index >= 15 is 0 Å². The van der Waals surface area contributed by atoms with Gasteiger partial charge in [-0.3, -0.25) is 9.78 Å². The van der Waals surface area contributed by atoms with Crippen molar-refractivity contribution in [3.05, 3.63) is 26.4 Å². The molecule has 0 fully saturated rings. The summed E-state index contributed by atoms with van der Waals surface area (Å²) in [6.45, 7) is -0.899. The SMILES string of the molecule is [2H]C([2H])([2H])c1c(C)[nH]c(=S)[nH]c1=O. The molecule has 4 heteroatoms. The van der Waals surface area contributed by atoms with Crippen molar-refractivity contribution in [3.63, 3.8) is 0 Å². The fourth-order valence-electron chi connectivity index (χ4n) is 0.600. The molecule has 0 spiro atoms. The molecule has 2 N–H and O–H groups in total. The van der Waals surface area contributed by atoms with Crippen molar-refractivity contribution >= 4 is 12.2 Å². The molecule has 0 saturated carbocycles. The highest BCUT2D eigenvalue weighted by Gasteiger charge is 1.95. The van der Waals surface area contributed by atoms with Gasteiger partial charge in [0.25, 0.3) is 5.56 Å². The summed E-state index contributed by atoms with van der Waals surface area (Å²) in [4.78, 5) is 16.0. The third-order valence-corrected chi connectivity index (χ3v) is 1.33. The first-order chi connectivity index (χ1) is 5.82. The normalized spacial score (nSPS) is 15.5. The second-order valence-corrected chi connectivity index (χ2v) is 2.32. The molecule has 1 heterocycles. The molecule has 0 amide bonds. The second kappa shape index (κ2) is 2.38. The van der Waals surface area contributed by atoms with Crippen LogP contribution in [0.3, 0.4) is 0 Å². The number of aromatic amines is 2. The van der Waals surface area contributed by atoms with Crippen LogP contribution in [-0.4, -0.2) is 9.97 Å². The maximum atomic E-state index is 11.2. The Morgan fingerprint density at radius 2 is 2.30 bits per heavy atom. The van der Waals surface area contributed by atoms with Gasteiger partial charge in [-0.15, -0.1) is 0 Å². The van der Waals surface area contributed by atoms with Gasteiger partial charge in [-0.05, 0) is 26.0 Å². The number of H-pyrrole nitrogens is 2. The van der Waals surface area contributed by atoms with Crippen LogP contribution in [0.25, 0.3) is 0 Å². The van der Waals surface area contributed by atoms with Crippen LogP contribution in [0.1, 0.15) is 15.4 Å². The number of aryl methyl sites for hydroxylation is 1. The van der Waals surface area contributed by atoms with Gasteiger partial charge in [-0.2, -0.15) is 0 Å². The van der Waals surface area contributed by atoms with Crippen LogP contribution in [0.4, 0.5) is 0 Å². The third-order valence-electron chi connectivity index (χ3n) is 1.13. The van der Waals surface area contributed by atoms with E-state index in [1.54, 1.807) is 0 Å². The Morgan fingerprint density at radius 3 is 2.80 bits per heavy atom. The van der Waals surface area contributed by atoms with E-state index in [0.29, 0.717) is 0 Å². The molecule has 3 nitrogen and oxygen atoms in total.